The maximum atomic E-state index is 12.4. The first-order valence-corrected chi connectivity index (χ1v) is 8.68. The molecule has 0 fully saturated rings. The highest BCUT2D eigenvalue weighted by atomic mass is 35.5. The van der Waals surface area contributed by atoms with Crippen LogP contribution in [-0.2, 0) is 4.74 Å². The van der Waals surface area contributed by atoms with Gasteiger partial charge in [0.15, 0.2) is 0 Å². The second-order valence-electron chi connectivity index (χ2n) is 6.19. The van der Waals surface area contributed by atoms with Crippen LogP contribution >= 0.6 is 11.6 Å². The predicted molar refractivity (Wildman–Crippen MR) is 100 cm³/mol. The van der Waals surface area contributed by atoms with Crippen molar-refractivity contribution in [2.24, 2.45) is 5.92 Å². The van der Waals surface area contributed by atoms with Crippen LogP contribution < -0.4 is 5.32 Å². The Morgan fingerprint density at radius 1 is 1.08 bits per heavy atom. The Kier molecular flexibility index (Phi) is 7.02. The van der Waals surface area contributed by atoms with Gasteiger partial charge in [-0.25, -0.2) is 4.79 Å². The number of ether oxygens (including phenoxy) is 1. The van der Waals surface area contributed by atoms with Crippen molar-refractivity contribution in [3.63, 3.8) is 0 Å². The van der Waals surface area contributed by atoms with Gasteiger partial charge in [-0.05, 0) is 49.1 Å². The van der Waals surface area contributed by atoms with Crippen LogP contribution in [0.3, 0.4) is 0 Å². The molecular weight excluding hydrogens is 338 g/mol. The molecule has 2 rings (SSSR count). The van der Waals surface area contributed by atoms with Gasteiger partial charge in [0.25, 0.3) is 5.91 Å². The van der Waals surface area contributed by atoms with Crippen LogP contribution in [0.4, 0.5) is 5.69 Å². The number of anilines is 1. The lowest BCUT2D eigenvalue weighted by Crippen LogP contribution is -2.14. The summed E-state index contributed by atoms with van der Waals surface area (Å²) in [5.41, 5.74) is 1.25. The Hall–Kier alpha value is -2.33. The summed E-state index contributed by atoms with van der Waals surface area (Å²) in [6.45, 7) is 4.64. The molecule has 25 heavy (non-hydrogen) atoms. The van der Waals surface area contributed by atoms with E-state index in [1.54, 1.807) is 42.5 Å². The van der Waals surface area contributed by atoms with E-state index in [0.717, 1.165) is 12.8 Å². The van der Waals surface area contributed by atoms with Gasteiger partial charge in [-0.3, -0.25) is 4.79 Å². The van der Waals surface area contributed by atoms with E-state index in [2.05, 4.69) is 19.2 Å². The average Bonchev–Trinajstić information content (AvgIpc) is 2.60. The average molecular weight is 360 g/mol. The first-order chi connectivity index (χ1) is 12.0. The number of nitrogens with one attached hydrogen (secondary N) is 1. The Morgan fingerprint density at radius 2 is 1.80 bits per heavy atom. The Labute approximate surface area is 153 Å². The number of carbonyl (C=O) groups excluding carboxylic acids is 2. The molecule has 0 aliphatic carbocycles. The number of halogens is 1. The lowest BCUT2D eigenvalue weighted by molar-refractivity contribution is 0.0494. The fourth-order valence-corrected chi connectivity index (χ4v) is 2.47. The molecule has 0 radical (unpaired) electrons. The third kappa shape index (κ3) is 5.91. The fourth-order valence-electron chi connectivity index (χ4n) is 2.28. The van der Waals surface area contributed by atoms with Crippen LogP contribution in [0.15, 0.2) is 48.5 Å². The minimum atomic E-state index is -0.420. The zero-order valence-corrected chi connectivity index (χ0v) is 15.2. The van der Waals surface area contributed by atoms with Gasteiger partial charge in [0.1, 0.15) is 0 Å². The van der Waals surface area contributed by atoms with Gasteiger partial charge < -0.3 is 10.1 Å². The highest BCUT2D eigenvalue weighted by Crippen LogP contribution is 2.21. The smallest absolute Gasteiger partial charge is 0.338 e. The zero-order chi connectivity index (χ0) is 18.2. The Morgan fingerprint density at radius 3 is 2.52 bits per heavy atom. The van der Waals surface area contributed by atoms with E-state index >= 15 is 0 Å². The molecule has 1 amide bonds. The van der Waals surface area contributed by atoms with Crippen LogP contribution in [0.25, 0.3) is 0 Å². The molecular formula is C20H22ClNO3. The van der Waals surface area contributed by atoms with Gasteiger partial charge in [-0.15, -0.1) is 0 Å². The SMILES string of the molecule is CC(C)CCCOC(=O)c1cccc(C(=O)Nc2ccccc2Cl)c1. The number of carbonyl (C=O) groups is 2. The van der Waals surface area contributed by atoms with Crippen molar-refractivity contribution in [1.29, 1.82) is 0 Å². The van der Waals surface area contributed by atoms with E-state index in [9.17, 15) is 9.59 Å². The van der Waals surface area contributed by atoms with Crippen molar-refractivity contribution in [1.82, 2.24) is 0 Å². The highest BCUT2D eigenvalue weighted by molar-refractivity contribution is 6.33. The minimum Gasteiger partial charge on any atom is -0.462 e. The third-order valence-corrected chi connectivity index (χ3v) is 3.97. The summed E-state index contributed by atoms with van der Waals surface area (Å²) in [6.07, 6.45) is 1.84. The number of hydrogen-bond donors (Lipinski definition) is 1. The zero-order valence-electron chi connectivity index (χ0n) is 14.4. The molecule has 0 spiro atoms. The molecule has 132 valence electrons. The van der Waals surface area contributed by atoms with Crippen LogP contribution in [0.1, 0.15) is 47.4 Å². The van der Waals surface area contributed by atoms with Crippen molar-refractivity contribution in [2.45, 2.75) is 26.7 Å². The van der Waals surface area contributed by atoms with Gasteiger partial charge >= 0.3 is 5.97 Å². The number of esters is 1. The molecule has 0 atom stereocenters. The molecule has 0 heterocycles. The second-order valence-corrected chi connectivity index (χ2v) is 6.59. The monoisotopic (exact) mass is 359 g/mol. The third-order valence-electron chi connectivity index (χ3n) is 3.64. The molecule has 0 bridgehead atoms. The van der Waals surface area contributed by atoms with Crippen LogP contribution in [0, 0.1) is 5.92 Å². The molecule has 0 saturated heterocycles. The Bertz CT molecular complexity index is 743. The summed E-state index contributed by atoms with van der Waals surface area (Å²) in [5.74, 6) is -0.172. The van der Waals surface area contributed by atoms with Crippen LogP contribution in [0.2, 0.25) is 5.02 Å². The van der Waals surface area contributed by atoms with Gasteiger partial charge in [0.05, 0.1) is 22.9 Å². The maximum Gasteiger partial charge on any atom is 0.338 e. The number of benzene rings is 2. The maximum absolute atomic E-state index is 12.4. The molecule has 0 saturated carbocycles. The molecule has 4 nitrogen and oxygen atoms in total. The summed E-state index contributed by atoms with van der Waals surface area (Å²) >= 11 is 6.04. The largest absolute Gasteiger partial charge is 0.462 e. The number of para-hydroxylation sites is 1. The van der Waals surface area contributed by atoms with Crippen LogP contribution in [-0.4, -0.2) is 18.5 Å². The number of amides is 1. The van der Waals surface area contributed by atoms with Crippen molar-refractivity contribution in [3.8, 4) is 0 Å². The summed E-state index contributed by atoms with van der Waals surface area (Å²) < 4.78 is 5.26. The normalized spacial score (nSPS) is 10.6. The topological polar surface area (TPSA) is 55.4 Å². The Balaban J connectivity index is 1.99. The number of rotatable bonds is 7. The second kappa shape index (κ2) is 9.23. The molecule has 2 aromatic carbocycles. The van der Waals surface area contributed by atoms with Gasteiger partial charge in [-0.2, -0.15) is 0 Å². The molecule has 2 aromatic rings. The van der Waals surface area contributed by atoms with E-state index in [-0.39, 0.29) is 5.91 Å². The summed E-state index contributed by atoms with van der Waals surface area (Å²) in [5, 5.41) is 3.19. The molecule has 1 N–H and O–H groups in total. The highest BCUT2D eigenvalue weighted by Gasteiger charge is 2.12. The number of hydrogen-bond acceptors (Lipinski definition) is 3. The minimum absolute atomic E-state index is 0.331. The summed E-state index contributed by atoms with van der Waals surface area (Å²) in [7, 11) is 0. The van der Waals surface area contributed by atoms with Crippen molar-refractivity contribution < 1.29 is 14.3 Å². The molecule has 0 aliphatic rings. The molecule has 0 aliphatic heterocycles. The van der Waals surface area contributed by atoms with E-state index in [0.29, 0.717) is 34.4 Å². The lowest BCUT2D eigenvalue weighted by atomic mass is 10.1. The van der Waals surface area contributed by atoms with E-state index in [1.165, 1.54) is 6.07 Å². The van der Waals surface area contributed by atoms with Gasteiger partial charge in [-0.1, -0.05) is 43.6 Å². The molecule has 5 heteroatoms. The molecule has 0 aromatic heterocycles. The first-order valence-electron chi connectivity index (χ1n) is 8.30. The predicted octanol–water partition coefficient (Wildman–Crippen LogP) is 5.19. The van der Waals surface area contributed by atoms with Gasteiger partial charge in [0.2, 0.25) is 0 Å². The lowest BCUT2D eigenvalue weighted by Gasteiger charge is -2.09. The summed E-state index contributed by atoms with van der Waals surface area (Å²) in [6, 6.07) is 13.4. The van der Waals surface area contributed by atoms with E-state index in [4.69, 9.17) is 16.3 Å². The quantitative estimate of drug-likeness (QED) is 0.547. The first kappa shape index (κ1) is 19.0. The fraction of sp³-hybridized carbons (Fsp3) is 0.300. The molecule has 0 unspecified atom stereocenters. The van der Waals surface area contributed by atoms with Crippen LogP contribution in [0.5, 0.6) is 0 Å². The standard InChI is InChI=1S/C20H22ClNO3/c1-14(2)7-6-12-25-20(24)16-9-5-8-15(13-16)19(23)22-18-11-4-3-10-17(18)21/h3-5,8-11,13-14H,6-7,12H2,1-2H3,(H,22,23). The van der Waals surface area contributed by atoms with E-state index < -0.39 is 5.97 Å². The van der Waals surface area contributed by atoms with Gasteiger partial charge in [0, 0.05) is 5.56 Å². The van der Waals surface area contributed by atoms with Crippen molar-refractivity contribution in [2.75, 3.05) is 11.9 Å². The van der Waals surface area contributed by atoms with E-state index in [1.807, 2.05) is 0 Å². The summed E-state index contributed by atoms with van der Waals surface area (Å²) in [4.78, 5) is 24.5. The van der Waals surface area contributed by atoms with Crippen molar-refractivity contribution in [3.05, 3.63) is 64.7 Å². The van der Waals surface area contributed by atoms with Crippen molar-refractivity contribution >= 4 is 29.2 Å².